The van der Waals surface area contributed by atoms with Crippen molar-refractivity contribution in [3.63, 3.8) is 0 Å². The van der Waals surface area contributed by atoms with E-state index < -0.39 is 48.6 Å². The van der Waals surface area contributed by atoms with Crippen LogP contribution in [-0.2, 0) is 38.1 Å². The first-order valence-corrected chi connectivity index (χ1v) is 11.3. The zero-order valence-electron chi connectivity index (χ0n) is 20.5. The molecule has 10 heteroatoms. The molecular weight excluding hydrogens is 458 g/mol. The molecule has 0 aromatic heterocycles. The number of rotatable bonds is 12. The van der Waals surface area contributed by atoms with Gasteiger partial charge < -0.3 is 28.4 Å². The number of unbranched alkanes of at least 4 members (excludes halogenated alkanes) is 1. The van der Waals surface area contributed by atoms with E-state index >= 15 is 0 Å². The van der Waals surface area contributed by atoms with Crippen LogP contribution in [0.15, 0.2) is 41.9 Å². The second-order valence-corrected chi connectivity index (χ2v) is 7.84. The smallest absolute Gasteiger partial charge is 0.303 e. The van der Waals surface area contributed by atoms with Crippen LogP contribution in [0, 0.1) is 0 Å². The Labute approximate surface area is 205 Å². The summed E-state index contributed by atoms with van der Waals surface area (Å²) in [4.78, 5) is 39.9. The minimum Gasteiger partial charge on any atom is -0.497 e. The maximum absolute atomic E-state index is 12.0. The summed E-state index contributed by atoms with van der Waals surface area (Å²) in [6.45, 7) is 7.50. The fourth-order valence-corrected chi connectivity index (χ4v) is 3.47. The van der Waals surface area contributed by atoms with Crippen LogP contribution in [-0.4, -0.2) is 75.1 Å². The zero-order valence-corrected chi connectivity index (χ0v) is 20.5. The van der Waals surface area contributed by atoms with Gasteiger partial charge in [0, 0.05) is 27.0 Å². The number of carbonyl (C=O) groups is 3. The molecule has 1 aromatic rings. The van der Waals surface area contributed by atoms with Gasteiger partial charge in [0.1, 0.15) is 24.5 Å². The van der Waals surface area contributed by atoms with Crippen molar-refractivity contribution in [2.45, 2.75) is 64.3 Å². The van der Waals surface area contributed by atoms with E-state index in [2.05, 4.69) is 11.6 Å². The van der Waals surface area contributed by atoms with Crippen LogP contribution in [0.3, 0.4) is 0 Å². The molecule has 5 atom stereocenters. The molecule has 0 aliphatic carbocycles. The van der Waals surface area contributed by atoms with Crippen LogP contribution >= 0.6 is 0 Å². The third-order valence-electron chi connectivity index (χ3n) is 5.02. The average Bonchev–Trinajstić information content (AvgIpc) is 2.81. The number of carbonyl (C=O) groups excluding carboxylic acids is 3. The molecule has 10 nitrogen and oxygen atoms in total. The van der Waals surface area contributed by atoms with Crippen molar-refractivity contribution in [3.05, 3.63) is 42.5 Å². The van der Waals surface area contributed by atoms with Crippen molar-refractivity contribution in [1.29, 1.82) is 0 Å². The van der Waals surface area contributed by atoms with Crippen LogP contribution in [0.5, 0.6) is 5.75 Å². The van der Waals surface area contributed by atoms with Gasteiger partial charge in [0.05, 0.1) is 13.7 Å². The topological polar surface area (TPSA) is 119 Å². The van der Waals surface area contributed by atoms with Crippen molar-refractivity contribution in [1.82, 2.24) is 0 Å². The number of ether oxygens (including phenoxy) is 6. The van der Waals surface area contributed by atoms with Crippen molar-refractivity contribution in [2.24, 2.45) is 4.99 Å². The molecule has 0 unspecified atom stereocenters. The first kappa shape index (κ1) is 28.0. The Morgan fingerprint density at radius 1 is 1.03 bits per heavy atom. The Morgan fingerprint density at radius 3 is 2.26 bits per heavy atom. The molecule has 1 saturated heterocycles. The summed E-state index contributed by atoms with van der Waals surface area (Å²) in [5.41, 5.74) is 0.754. The summed E-state index contributed by atoms with van der Waals surface area (Å²) in [6, 6.07) is 6.30. The summed E-state index contributed by atoms with van der Waals surface area (Å²) in [6.07, 6.45) is 0.722. The van der Waals surface area contributed by atoms with Gasteiger partial charge in [0.15, 0.2) is 18.5 Å². The quantitative estimate of drug-likeness (QED) is 0.143. The van der Waals surface area contributed by atoms with Gasteiger partial charge in [-0.1, -0.05) is 6.08 Å². The predicted molar refractivity (Wildman–Crippen MR) is 126 cm³/mol. The maximum atomic E-state index is 12.0. The van der Waals surface area contributed by atoms with Gasteiger partial charge in [0.25, 0.3) is 0 Å². The highest BCUT2D eigenvalue weighted by atomic mass is 16.7. The Bertz CT molecular complexity index is 883. The lowest BCUT2D eigenvalue weighted by Crippen LogP contribution is -2.61. The van der Waals surface area contributed by atoms with E-state index in [9.17, 15) is 14.4 Å². The molecule has 1 fully saturated rings. The number of methoxy groups -OCH3 is 1. The largest absolute Gasteiger partial charge is 0.497 e. The fraction of sp³-hybridized carbons (Fsp3) is 0.520. The van der Waals surface area contributed by atoms with Crippen LogP contribution in [0.4, 0.5) is 0 Å². The minimum atomic E-state index is -1.08. The number of esters is 3. The third kappa shape index (κ3) is 9.14. The van der Waals surface area contributed by atoms with Crippen molar-refractivity contribution >= 4 is 24.1 Å². The van der Waals surface area contributed by atoms with E-state index in [0.717, 1.165) is 12.0 Å². The Hall–Kier alpha value is -3.24. The monoisotopic (exact) mass is 491 g/mol. The minimum absolute atomic E-state index is 0.230. The van der Waals surface area contributed by atoms with E-state index in [-0.39, 0.29) is 6.61 Å². The predicted octanol–water partition coefficient (Wildman–Crippen LogP) is 2.62. The number of allylic oxidation sites excluding steroid dienone is 1. The van der Waals surface area contributed by atoms with Gasteiger partial charge in [-0.25, -0.2) is 0 Å². The lowest BCUT2D eigenvalue weighted by molar-refractivity contribution is -0.273. The van der Waals surface area contributed by atoms with Crippen LogP contribution in [0.2, 0.25) is 0 Å². The first-order chi connectivity index (χ1) is 16.7. The maximum Gasteiger partial charge on any atom is 0.303 e. The Morgan fingerprint density at radius 2 is 1.69 bits per heavy atom. The molecule has 1 aliphatic heterocycles. The zero-order chi connectivity index (χ0) is 25.8. The van der Waals surface area contributed by atoms with E-state index in [0.29, 0.717) is 18.8 Å². The SMILES string of the molecule is C=CCCCO[C@@H]1O[C@H](COC(C)=O)[C@@H](OC(C)=O)[C@H](OC(C)=O)[C@H]1N=Cc1ccc(OC)cc1. The molecule has 1 aliphatic rings. The van der Waals surface area contributed by atoms with Crippen molar-refractivity contribution < 1.29 is 42.8 Å². The van der Waals surface area contributed by atoms with Crippen molar-refractivity contribution in [3.8, 4) is 5.75 Å². The lowest BCUT2D eigenvalue weighted by Gasteiger charge is -2.43. The summed E-state index contributed by atoms with van der Waals surface area (Å²) in [5, 5.41) is 0. The molecule has 2 rings (SSSR count). The van der Waals surface area contributed by atoms with E-state index in [1.54, 1.807) is 43.7 Å². The van der Waals surface area contributed by atoms with E-state index in [1.165, 1.54) is 20.8 Å². The number of hydrogen-bond donors (Lipinski definition) is 0. The number of aliphatic imine (C=N–C) groups is 1. The van der Waals surface area contributed by atoms with Crippen LogP contribution in [0.25, 0.3) is 0 Å². The summed E-state index contributed by atoms with van der Waals surface area (Å²) in [5.74, 6) is -1.07. The highest BCUT2D eigenvalue weighted by Gasteiger charge is 2.50. The second-order valence-electron chi connectivity index (χ2n) is 7.84. The molecule has 0 N–H and O–H groups in total. The molecule has 1 aromatic carbocycles. The molecule has 0 radical (unpaired) electrons. The third-order valence-corrected chi connectivity index (χ3v) is 5.02. The average molecular weight is 492 g/mol. The van der Waals surface area contributed by atoms with Gasteiger partial charge in [-0.05, 0) is 42.7 Å². The van der Waals surface area contributed by atoms with E-state index in [4.69, 9.17) is 28.4 Å². The standard InChI is InChI=1S/C25H33NO9/c1-6-7-8-13-31-25-22(26-14-19-9-11-20(30-5)12-10-19)24(34-18(4)29)23(33-17(3)28)21(35-25)15-32-16(2)27/h6,9-12,14,21-25H,1,7-8,13,15H2,2-5H3/t21-,22-,23-,24-,25-/m1/s1. The first-order valence-electron chi connectivity index (χ1n) is 11.3. The molecule has 192 valence electrons. The summed E-state index contributed by atoms with van der Waals surface area (Å²) < 4.78 is 33.3. The van der Waals surface area contributed by atoms with Crippen molar-refractivity contribution in [2.75, 3.05) is 20.3 Å². The normalized spacial score (nSPS) is 23.9. The number of hydrogen-bond acceptors (Lipinski definition) is 10. The Kier molecular flexibility index (Phi) is 11.4. The molecular formula is C25H33NO9. The molecule has 0 bridgehead atoms. The molecule has 0 amide bonds. The number of benzene rings is 1. The highest BCUT2D eigenvalue weighted by molar-refractivity contribution is 5.80. The van der Waals surface area contributed by atoms with Gasteiger partial charge in [-0.2, -0.15) is 0 Å². The lowest BCUT2D eigenvalue weighted by atomic mass is 9.96. The number of nitrogens with zero attached hydrogens (tertiary/aromatic N) is 1. The molecule has 1 heterocycles. The second kappa shape index (κ2) is 14.2. The van der Waals surface area contributed by atoms with Crippen LogP contribution in [0.1, 0.15) is 39.2 Å². The highest BCUT2D eigenvalue weighted by Crippen LogP contribution is 2.30. The molecule has 0 saturated carbocycles. The summed E-state index contributed by atoms with van der Waals surface area (Å²) >= 11 is 0. The Balaban J connectivity index is 2.41. The van der Waals surface area contributed by atoms with Gasteiger partial charge in [0.2, 0.25) is 0 Å². The van der Waals surface area contributed by atoms with Gasteiger partial charge in [-0.15, -0.1) is 6.58 Å². The fourth-order valence-electron chi connectivity index (χ4n) is 3.47. The van der Waals surface area contributed by atoms with Gasteiger partial charge >= 0.3 is 17.9 Å². The van der Waals surface area contributed by atoms with Gasteiger partial charge in [-0.3, -0.25) is 19.4 Å². The van der Waals surface area contributed by atoms with E-state index in [1.807, 2.05) is 0 Å². The molecule has 0 spiro atoms. The molecule has 35 heavy (non-hydrogen) atoms. The summed E-state index contributed by atoms with van der Waals surface area (Å²) in [7, 11) is 1.57. The van der Waals surface area contributed by atoms with Crippen LogP contribution < -0.4 is 4.74 Å².